The highest BCUT2D eigenvalue weighted by Gasteiger charge is 2.26. The molecule has 7 nitrogen and oxygen atoms in total. The molecule has 0 aromatic carbocycles. The maximum atomic E-state index is 10.1. The molecule has 12 heteroatoms. The zero-order valence-corrected chi connectivity index (χ0v) is 13.7. The van der Waals surface area contributed by atoms with Crippen molar-refractivity contribution in [3.63, 3.8) is 0 Å². The Morgan fingerprint density at radius 2 is 1.32 bits per heavy atom. The van der Waals surface area contributed by atoms with Crippen LogP contribution in [0.25, 0.3) is 0 Å². The first-order valence-electron chi connectivity index (χ1n) is 4.48. The third kappa shape index (κ3) is 13.0. The number of hydrogen-bond donors (Lipinski definition) is 7. The van der Waals surface area contributed by atoms with Gasteiger partial charge < -0.3 is 10.2 Å². The predicted molar refractivity (Wildman–Crippen MR) is 83.9 cm³/mol. The minimum atomic E-state index is -3.86. The van der Waals surface area contributed by atoms with Crippen molar-refractivity contribution in [3.8, 4) is 0 Å². The van der Waals surface area contributed by atoms with Gasteiger partial charge in [0.15, 0.2) is 0 Å². The van der Waals surface area contributed by atoms with Gasteiger partial charge in [-0.15, -0.1) is 0 Å². The lowest BCUT2D eigenvalue weighted by atomic mass is 10.3. The molecule has 0 aliphatic carbocycles. The van der Waals surface area contributed by atoms with Gasteiger partial charge in [0.1, 0.15) is 10.5 Å². The zero-order chi connectivity index (χ0) is 15.8. The highest BCUT2D eigenvalue weighted by molar-refractivity contribution is 7.89. The fraction of sp³-hybridized carbons (Fsp3) is 0.714. The molecule has 0 radical (unpaired) electrons. The topological polar surface area (TPSA) is 129 Å². The van der Waals surface area contributed by atoms with Crippen molar-refractivity contribution in [2.75, 3.05) is 11.5 Å². The number of carboxylic acid groups (broad SMARTS) is 2. The molecular formula is C7H14O7S5. The van der Waals surface area contributed by atoms with Crippen LogP contribution in [0.3, 0.4) is 0 Å². The van der Waals surface area contributed by atoms with Gasteiger partial charge in [0, 0.05) is 11.0 Å². The van der Waals surface area contributed by atoms with Crippen LogP contribution in [-0.4, -0.2) is 62.4 Å². The molecule has 0 saturated carbocycles. The Balaban J connectivity index is 0. The molecule has 0 fully saturated rings. The highest BCUT2D eigenvalue weighted by atomic mass is 32.2. The summed E-state index contributed by atoms with van der Waals surface area (Å²) in [5.41, 5.74) is 0. The van der Waals surface area contributed by atoms with Gasteiger partial charge in [0.2, 0.25) is 0 Å². The van der Waals surface area contributed by atoms with Crippen molar-refractivity contribution < 1.29 is 32.8 Å². The molecule has 0 aromatic heterocycles. The molecule has 0 heterocycles. The quantitative estimate of drug-likeness (QED) is 0.256. The molecule has 0 saturated heterocycles. The predicted octanol–water partition coefficient (Wildman–Crippen LogP) is -0.145. The second-order valence-corrected chi connectivity index (χ2v) is 6.86. The van der Waals surface area contributed by atoms with Crippen molar-refractivity contribution in [2.45, 2.75) is 15.7 Å². The molecule has 0 aliphatic heterocycles. The lowest BCUT2D eigenvalue weighted by Gasteiger charge is -2.07. The van der Waals surface area contributed by atoms with Crippen LogP contribution in [0.15, 0.2) is 0 Å². The van der Waals surface area contributed by atoms with Crippen LogP contribution in [-0.2, 0) is 19.7 Å². The van der Waals surface area contributed by atoms with Gasteiger partial charge in [-0.3, -0.25) is 14.1 Å². The van der Waals surface area contributed by atoms with E-state index in [1.807, 2.05) is 0 Å². The molecular weight excluding hydrogens is 356 g/mol. The number of thiol groups is 4. The summed E-state index contributed by atoms with van der Waals surface area (Å²) < 4.78 is 28.4. The van der Waals surface area contributed by atoms with Crippen LogP contribution in [0.2, 0.25) is 0 Å². The van der Waals surface area contributed by atoms with Gasteiger partial charge in [0.25, 0.3) is 10.1 Å². The second-order valence-electron chi connectivity index (χ2n) is 3.15. The van der Waals surface area contributed by atoms with Crippen LogP contribution in [0.4, 0.5) is 0 Å². The van der Waals surface area contributed by atoms with Crippen molar-refractivity contribution >= 4 is 72.6 Å². The average Bonchev–Trinajstić information content (AvgIpc) is 2.25. The van der Waals surface area contributed by atoms with Gasteiger partial charge in [0.05, 0.1) is 5.75 Å². The molecule has 0 aliphatic rings. The smallest absolute Gasteiger partial charge is 0.318 e. The van der Waals surface area contributed by atoms with Gasteiger partial charge in [-0.1, -0.05) is 0 Å². The second kappa shape index (κ2) is 10.0. The molecule has 0 spiro atoms. The standard InChI is InChI=1S/C4H6O4S2.C3H8O3S3/c5-3(6)1(9)2(10)4(7)8;4-9(5,6)2-3(8)1-7/h1-2,9-10H,(H,5,6)(H,7,8);3,7-8H,1-2H2,(H,4,5,6). The van der Waals surface area contributed by atoms with E-state index < -0.39 is 32.6 Å². The Labute approximate surface area is 132 Å². The molecule has 19 heavy (non-hydrogen) atoms. The van der Waals surface area contributed by atoms with E-state index in [1.54, 1.807) is 0 Å². The van der Waals surface area contributed by atoms with E-state index in [-0.39, 0.29) is 11.0 Å². The molecule has 0 aromatic rings. The van der Waals surface area contributed by atoms with Gasteiger partial charge in [-0.25, -0.2) is 0 Å². The normalized spacial score (nSPS) is 15.6. The first-order valence-corrected chi connectivity index (χ1v) is 8.27. The van der Waals surface area contributed by atoms with Gasteiger partial charge >= 0.3 is 11.9 Å². The fourth-order valence-electron chi connectivity index (χ4n) is 0.566. The Morgan fingerprint density at radius 3 is 1.42 bits per heavy atom. The number of carboxylic acids is 2. The van der Waals surface area contributed by atoms with E-state index in [2.05, 4.69) is 50.5 Å². The number of carbonyl (C=O) groups is 2. The monoisotopic (exact) mass is 370 g/mol. The number of hydrogen-bond acceptors (Lipinski definition) is 8. The lowest BCUT2D eigenvalue weighted by molar-refractivity contribution is -0.142. The van der Waals surface area contributed by atoms with E-state index in [4.69, 9.17) is 14.8 Å². The molecule has 3 unspecified atom stereocenters. The summed E-state index contributed by atoms with van der Waals surface area (Å²) in [7, 11) is -3.86. The average molecular weight is 371 g/mol. The SMILES string of the molecule is O=C(O)C(S)C(S)C(=O)O.O=S(=O)(O)CC(S)CS. The molecule has 3 N–H and O–H groups in total. The first kappa shape index (κ1) is 21.5. The zero-order valence-electron chi connectivity index (χ0n) is 9.32. The summed E-state index contributed by atoms with van der Waals surface area (Å²) in [5.74, 6) is -2.57. The molecule has 0 bridgehead atoms. The van der Waals surface area contributed by atoms with E-state index in [1.165, 1.54) is 0 Å². The number of rotatable bonds is 6. The van der Waals surface area contributed by atoms with E-state index in [0.29, 0.717) is 5.75 Å². The summed E-state index contributed by atoms with van der Waals surface area (Å²) in [6, 6.07) is 0. The van der Waals surface area contributed by atoms with Crippen molar-refractivity contribution in [2.24, 2.45) is 0 Å². The third-order valence-electron chi connectivity index (χ3n) is 1.42. The minimum absolute atomic E-state index is 0.334. The first-order chi connectivity index (χ1) is 8.42. The largest absolute Gasteiger partial charge is 0.480 e. The van der Waals surface area contributed by atoms with Crippen molar-refractivity contribution in [1.29, 1.82) is 0 Å². The van der Waals surface area contributed by atoms with E-state index >= 15 is 0 Å². The van der Waals surface area contributed by atoms with Crippen molar-refractivity contribution in [3.05, 3.63) is 0 Å². The maximum absolute atomic E-state index is 10.1. The van der Waals surface area contributed by atoms with Gasteiger partial charge in [-0.05, 0) is 0 Å². The summed E-state index contributed by atoms with van der Waals surface area (Å²) in [4.78, 5) is 20.1. The Bertz CT molecular complexity index is 377. The Morgan fingerprint density at radius 1 is 1.00 bits per heavy atom. The summed E-state index contributed by atoms with van der Waals surface area (Å²) in [5, 5.41) is 13.5. The summed E-state index contributed by atoms with van der Waals surface area (Å²) >= 11 is 14.6. The number of aliphatic carboxylic acids is 2. The fourth-order valence-corrected chi connectivity index (χ4v) is 2.29. The van der Waals surface area contributed by atoms with E-state index in [9.17, 15) is 18.0 Å². The molecule has 3 atom stereocenters. The Hall–Kier alpha value is 0.250. The summed E-state index contributed by atoms with van der Waals surface area (Å²) in [6.45, 7) is 0. The van der Waals surface area contributed by atoms with Crippen LogP contribution in [0.5, 0.6) is 0 Å². The molecule has 0 rings (SSSR count). The molecule has 114 valence electrons. The minimum Gasteiger partial charge on any atom is -0.480 e. The summed E-state index contributed by atoms with van der Waals surface area (Å²) in [6.07, 6.45) is 0. The lowest BCUT2D eigenvalue weighted by Crippen LogP contribution is -2.31. The van der Waals surface area contributed by atoms with E-state index in [0.717, 1.165) is 0 Å². The highest BCUT2D eigenvalue weighted by Crippen LogP contribution is 2.08. The van der Waals surface area contributed by atoms with Crippen LogP contribution >= 0.6 is 50.5 Å². The molecule has 0 amide bonds. The van der Waals surface area contributed by atoms with Crippen molar-refractivity contribution in [1.82, 2.24) is 0 Å². The van der Waals surface area contributed by atoms with Gasteiger partial charge in [-0.2, -0.15) is 58.9 Å². The van der Waals surface area contributed by atoms with Crippen LogP contribution in [0, 0.1) is 0 Å². The van der Waals surface area contributed by atoms with Crippen LogP contribution < -0.4 is 0 Å². The Kier molecular flexibility index (Phi) is 11.4. The van der Waals surface area contributed by atoms with Crippen LogP contribution in [0.1, 0.15) is 0 Å². The maximum Gasteiger partial charge on any atom is 0.318 e. The third-order valence-corrected chi connectivity index (χ3v) is 4.86.